The number of hydrogen-bond acceptors (Lipinski definition) is 3. The van der Waals surface area contributed by atoms with E-state index < -0.39 is 11.9 Å². The molecule has 136 valence electrons. The Morgan fingerprint density at radius 1 is 1.16 bits per heavy atom. The summed E-state index contributed by atoms with van der Waals surface area (Å²) in [6, 6.07) is 1.74. The van der Waals surface area contributed by atoms with Crippen molar-refractivity contribution >= 4 is 5.91 Å². The van der Waals surface area contributed by atoms with Crippen LogP contribution in [0.1, 0.15) is 48.5 Å². The highest BCUT2D eigenvalue weighted by atomic mass is 19.4. The summed E-state index contributed by atoms with van der Waals surface area (Å²) in [5, 5.41) is 4.38. The normalized spacial score (nSPS) is 15.4. The number of nitrogens with zero attached hydrogens (tertiary/aromatic N) is 5. The molecule has 2 aromatic rings. The minimum Gasteiger partial charge on any atom is -0.331 e. The quantitative estimate of drug-likeness (QED) is 0.790. The number of carbonyl (C=O) groups is 1. The smallest absolute Gasteiger partial charge is 0.331 e. The second-order valence-electron chi connectivity index (χ2n) is 7.25. The van der Waals surface area contributed by atoms with Crippen LogP contribution in [0.5, 0.6) is 0 Å². The zero-order valence-electron chi connectivity index (χ0n) is 14.6. The van der Waals surface area contributed by atoms with Crippen LogP contribution in [0, 0.1) is 0 Å². The molecule has 1 aliphatic heterocycles. The number of amides is 1. The van der Waals surface area contributed by atoms with Gasteiger partial charge in [-0.2, -0.15) is 18.3 Å². The van der Waals surface area contributed by atoms with E-state index in [1.807, 2.05) is 20.8 Å². The number of aromatic nitrogens is 4. The van der Waals surface area contributed by atoms with Crippen molar-refractivity contribution < 1.29 is 18.0 Å². The molecule has 0 radical (unpaired) electrons. The van der Waals surface area contributed by atoms with Gasteiger partial charge in [-0.05, 0) is 6.07 Å². The summed E-state index contributed by atoms with van der Waals surface area (Å²) in [7, 11) is 1.69. The van der Waals surface area contributed by atoms with Crippen molar-refractivity contribution in [1.82, 2.24) is 24.2 Å². The lowest BCUT2D eigenvalue weighted by Gasteiger charge is -2.27. The average molecular weight is 355 g/mol. The Morgan fingerprint density at radius 3 is 2.40 bits per heavy atom. The summed E-state index contributed by atoms with van der Waals surface area (Å²) in [6.07, 6.45) is -3.48. The molecular formula is C16H20F3N5O. The molecule has 0 aromatic carbocycles. The molecule has 3 heterocycles. The van der Waals surface area contributed by atoms with Gasteiger partial charge < -0.3 is 9.47 Å². The molecule has 0 saturated heterocycles. The standard InChI is InChI=1S/C16H20F3N5O/c1-15(2,3)11-7-10(22(4)21-11)14(25)24-6-5-23-8-12(16(17,18)19)20-13(23)9-24/h7-8H,5-6,9H2,1-4H3. The van der Waals surface area contributed by atoms with E-state index in [-0.39, 0.29) is 30.2 Å². The molecule has 0 fully saturated rings. The van der Waals surface area contributed by atoms with Crippen LogP contribution in [-0.4, -0.2) is 36.7 Å². The fourth-order valence-corrected chi connectivity index (χ4v) is 2.76. The first-order chi connectivity index (χ1) is 11.5. The first-order valence-electron chi connectivity index (χ1n) is 7.94. The molecule has 6 nitrogen and oxygen atoms in total. The summed E-state index contributed by atoms with van der Waals surface area (Å²) >= 11 is 0. The monoisotopic (exact) mass is 355 g/mol. The van der Waals surface area contributed by atoms with Gasteiger partial charge in [-0.15, -0.1) is 0 Å². The summed E-state index contributed by atoms with van der Waals surface area (Å²) in [6.45, 7) is 6.66. The van der Waals surface area contributed by atoms with Crippen LogP contribution in [0.15, 0.2) is 12.3 Å². The second-order valence-corrected chi connectivity index (χ2v) is 7.25. The molecule has 0 bridgehead atoms. The molecule has 0 N–H and O–H groups in total. The summed E-state index contributed by atoms with van der Waals surface area (Å²) < 4.78 is 41.4. The molecule has 1 amide bonds. The predicted molar refractivity (Wildman–Crippen MR) is 83.9 cm³/mol. The lowest BCUT2D eigenvalue weighted by Crippen LogP contribution is -2.39. The van der Waals surface area contributed by atoms with Gasteiger partial charge in [-0.3, -0.25) is 9.48 Å². The third-order valence-corrected chi connectivity index (χ3v) is 4.25. The van der Waals surface area contributed by atoms with E-state index in [9.17, 15) is 18.0 Å². The van der Waals surface area contributed by atoms with Gasteiger partial charge in [0, 0.05) is 31.7 Å². The number of aryl methyl sites for hydroxylation is 1. The van der Waals surface area contributed by atoms with Crippen molar-refractivity contribution in [2.45, 2.75) is 45.5 Å². The van der Waals surface area contributed by atoms with Crippen LogP contribution in [0.4, 0.5) is 13.2 Å². The first kappa shape index (κ1) is 17.5. The SMILES string of the molecule is Cn1nc(C(C)(C)C)cc1C(=O)N1CCn2cc(C(F)(F)F)nc2C1. The van der Waals surface area contributed by atoms with Crippen LogP contribution < -0.4 is 0 Å². The van der Waals surface area contributed by atoms with Crippen LogP contribution in [-0.2, 0) is 31.7 Å². The summed E-state index contributed by atoms with van der Waals surface area (Å²) in [5.74, 6) is -0.0153. The zero-order chi connectivity index (χ0) is 18.6. The second kappa shape index (κ2) is 5.60. The van der Waals surface area contributed by atoms with Gasteiger partial charge in [0.05, 0.1) is 12.2 Å². The van der Waals surface area contributed by atoms with Crippen molar-refractivity contribution in [2.75, 3.05) is 6.54 Å². The van der Waals surface area contributed by atoms with Gasteiger partial charge in [0.15, 0.2) is 5.69 Å². The van der Waals surface area contributed by atoms with Crippen LogP contribution in [0.3, 0.4) is 0 Å². The number of hydrogen-bond donors (Lipinski definition) is 0. The molecule has 0 spiro atoms. The van der Waals surface area contributed by atoms with Gasteiger partial charge in [0.1, 0.15) is 11.5 Å². The Kier molecular flexibility index (Phi) is 3.92. The minimum atomic E-state index is -4.48. The summed E-state index contributed by atoms with van der Waals surface area (Å²) in [4.78, 5) is 17.9. The van der Waals surface area contributed by atoms with E-state index in [0.29, 0.717) is 12.2 Å². The number of alkyl halides is 3. The van der Waals surface area contributed by atoms with Crippen molar-refractivity contribution in [3.63, 3.8) is 0 Å². The van der Waals surface area contributed by atoms with Crippen molar-refractivity contribution in [2.24, 2.45) is 7.05 Å². The Bertz CT molecular complexity index is 813. The Labute approximate surface area is 143 Å². The molecule has 9 heteroatoms. The molecule has 25 heavy (non-hydrogen) atoms. The van der Waals surface area contributed by atoms with Crippen molar-refractivity contribution in [3.05, 3.63) is 35.2 Å². The molecule has 3 rings (SSSR count). The Hall–Kier alpha value is -2.32. The number of carbonyl (C=O) groups excluding carboxylic acids is 1. The van der Waals surface area contributed by atoms with E-state index >= 15 is 0 Å². The topological polar surface area (TPSA) is 56.0 Å². The van der Waals surface area contributed by atoms with E-state index in [0.717, 1.165) is 11.9 Å². The maximum Gasteiger partial charge on any atom is 0.434 e. The maximum atomic E-state index is 12.8. The molecule has 0 unspecified atom stereocenters. The van der Waals surface area contributed by atoms with Crippen LogP contribution in [0.2, 0.25) is 0 Å². The van der Waals surface area contributed by atoms with Gasteiger partial charge >= 0.3 is 6.18 Å². The first-order valence-corrected chi connectivity index (χ1v) is 7.94. The van der Waals surface area contributed by atoms with E-state index in [1.54, 1.807) is 13.1 Å². The number of fused-ring (bicyclic) bond motifs is 1. The number of rotatable bonds is 1. The van der Waals surface area contributed by atoms with Crippen LogP contribution in [0.25, 0.3) is 0 Å². The largest absolute Gasteiger partial charge is 0.434 e. The zero-order valence-corrected chi connectivity index (χ0v) is 14.6. The average Bonchev–Trinajstić information content (AvgIpc) is 3.08. The minimum absolute atomic E-state index is 0.0466. The molecule has 0 atom stereocenters. The highest BCUT2D eigenvalue weighted by Crippen LogP contribution is 2.29. The fourth-order valence-electron chi connectivity index (χ4n) is 2.76. The van der Waals surface area contributed by atoms with E-state index in [4.69, 9.17) is 0 Å². The van der Waals surface area contributed by atoms with E-state index in [1.165, 1.54) is 14.1 Å². The predicted octanol–water partition coefficient (Wildman–Crippen LogP) is 2.59. The fraction of sp³-hybridized carbons (Fsp3) is 0.562. The lowest BCUT2D eigenvalue weighted by molar-refractivity contribution is -0.141. The Balaban J connectivity index is 1.84. The van der Waals surface area contributed by atoms with Crippen molar-refractivity contribution in [1.29, 1.82) is 0 Å². The summed E-state index contributed by atoms with van der Waals surface area (Å²) in [5.41, 5.74) is 0.0836. The highest BCUT2D eigenvalue weighted by Gasteiger charge is 2.36. The molecule has 1 aliphatic rings. The number of halogens is 3. The number of imidazole rings is 1. The van der Waals surface area contributed by atoms with Gasteiger partial charge in [0.2, 0.25) is 0 Å². The maximum absolute atomic E-state index is 12.8. The van der Waals surface area contributed by atoms with Gasteiger partial charge in [-0.1, -0.05) is 20.8 Å². The highest BCUT2D eigenvalue weighted by molar-refractivity contribution is 5.92. The lowest BCUT2D eigenvalue weighted by atomic mass is 9.92. The van der Waals surface area contributed by atoms with Crippen LogP contribution >= 0.6 is 0 Å². The van der Waals surface area contributed by atoms with Crippen molar-refractivity contribution in [3.8, 4) is 0 Å². The van der Waals surface area contributed by atoms with Gasteiger partial charge in [-0.25, -0.2) is 4.98 Å². The third kappa shape index (κ3) is 3.27. The Morgan fingerprint density at radius 2 is 1.84 bits per heavy atom. The third-order valence-electron chi connectivity index (χ3n) is 4.25. The molecule has 0 saturated carbocycles. The van der Waals surface area contributed by atoms with Gasteiger partial charge in [0.25, 0.3) is 5.91 Å². The van der Waals surface area contributed by atoms with E-state index in [2.05, 4.69) is 10.1 Å². The molecule has 2 aromatic heterocycles. The molecular weight excluding hydrogens is 335 g/mol. The molecule has 0 aliphatic carbocycles.